The molecular weight excluding hydrogens is 164 g/mol. The van der Waals surface area contributed by atoms with Crippen molar-refractivity contribution in [2.75, 3.05) is 21.2 Å². The minimum atomic E-state index is -0.950. The highest BCUT2D eigenvalue weighted by atomic mass is 16.6. The third-order valence-corrected chi connectivity index (χ3v) is 0.972. The van der Waals surface area contributed by atoms with E-state index >= 15 is 0 Å². The maximum atomic E-state index is 10.7. The van der Waals surface area contributed by atoms with Crippen molar-refractivity contribution in [3.8, 4) is 0 Å². The van der Waals surface area contributed by atoms with Gasteiger partial charge >= 0.3 is 11.7 Å². The maximum absolute atomic E-state index is 10.7. The molecule has 0 aliphatic rings. The largest absolute Gasteiger partial charge is 0.461 e. The van der Waals surface area contributed by atoms with Gasteiger partial charge in [-0.3, -0.25) is 10.1 Å². The summed E-state index contributed by atoms with van der Waals surface area (Å²) in [5.74, 6) is -0.950. The lowest BCUT2D eigenvalue weighted by Crippen LogP contribution is -2.16. The third-order valence-electron chi connectivity index (χ3n) is 0.972. The molecule has 0 saturated heterocycles. The average Bonchev–Trinajstić information content (AvgIpc) is 1.98. The molecule has 0 saturated carbocycles. The van der Waals surface area contributed by atoms with Crippen LogP contribution in [0.5, 0.6) is 0 Å². The van der Waals surface area contributed by atoms with Gasteiger partial charge in [0, 0.05) is 14.1 Å². The van der Waals surface area contributed by atoms with E-state index in [9.17, 15) is 14.9 Å². The van der Waals surface area contributed by atoms with Gasteiger partial charge in [-0.2, -0.15) is 0 Å². The highest BCUT2D eigenvalue weighted by Crippen LogP contribution is 1.98. The fraction of sp³-hybridized carbons (Fsp3) is 0.500. The number of nitrogens with zero attached hydrogens (tertiary/aromatic N) is 2. The second-order valence-corrected chi connectivity index (χ2v) is 2.23. The van der Waals surface area contributed by atoms with Gasteiger partial charge in [-0.1, -0.05) is 0 Å². The predicted molar refractivity (Wildman–Crippen MR) is 40.8 cm³/mol. The van der Waals surface area contributed by atoms with E-state index in [1.165, 1.54) is 4.90 Å². The zero-order valence-electron chi connectivity index (χ0n) is 7.10. The molecule has 0 amide bonds. The van der Waals surface area contributed by atoms with Crippen LogP contribution in [0.4, 0.5) is 0 Å². The van der Waals surface area contributed by atoms with Crippen LogP contribution in [0, 0.1) is 10.1 Å². The van der Waals surface area contributed by atoms with Crippen LogP contribution < -0.4 is 0 Å². The summed E-state index contributed by atoms with van der Waals surface area (Å²) in [4.78, 5) is 21.6. The van der Waals surface area contributed by atoms with Gasteiger partial charge in [0.1, 0.15) is 0 Å². The number of hydrogen-bond donors (Lipinski definition) is 0. The van der Waals surface area contributed by atoms with Crippen LogP contribution in [0.3, 0.4) is 0 Å². The number of ether oxygens (including phenoxy) is 1. The van der Waals surface area contributed by atoms with E-state index in [-0.39, 0.29) is 0 Å². The van der Waals surface area contributed by atoms with Crippen molar-refractivity contribution in [3.63, 3.8) is 0 Å². The third kappa shape index (κ3) is 3.00. The SMILES string of the molecule is COC(=O)/C(=C\N(C)C)[N+](=O)[O-]. The summed E-state index contributed by atoms with van der Waals surface area (Å²) < 4.78 is 4.20. The Kier molecular flexibility index (Phi) is 3.75. The predicted octanol–water partition coefficient (Wildman–Crippen LogP) is -0.161. The molecule has 0 heterocycles. The van der Waals surface area contributed by atoms with Crippen LogP contribution >= 0.6 is 0 Å². The molecule has 0 unspecified atom stereocenters. The van der Waals surface area contributed by atoms with Crippen LogP contribution in [-0.4, -0.2) is 37.0 Å². The van der Waals surface area contributed by atoms with Crippen molar-refractivity contribution in [2.45, 2.75) is 0 Å². The van der Waals surface area contributed by atoms with Gasteiger partial charge in [-0.25, -0.2) is 4.79 Å². The molecule has 0 aromatic heterocycles. The molecule has 0 atom stereocenters. The molecule has 12 heavy (non-hydrogen) atoms. The summed E-state index contributed by atoms with van der Waals surface area (Å²) in [5, 5.41) is 10.2. The monoisotopic (exact) mass is 174 g/mol. The molecular formula is C6H10N2O4. The molecule has 0 aromatic carbocycles. The summed E-state index contributed by atoms with van der Waals surface area (Å²) in [5.41, 5.74) is -0.581. The van der Waals surface area contributed by atoms with Crippen molar-refractivity contribution in [1.29, 1.82) is 0 Å². The molecule has 0 radical (unpaired) electrons. The molecule has 0 fully saturated rings. The lowest BCUT2D eigenvalue weighted by atomic mass is 10.5. The van der Waals surface area contributed by atoms with Crippen LogP contribution in [0.15, 0.2) is 11.9 Å². The lowest BCUT2D eigenvalue weighted by Gasteiger charge is -2.03. The fourth-order valence-electron chi connectivity index (χ4n) is 0.524. The van der Waals surface area contributed by atoms with E-state index in [2.05, 4.69) is 4.74 Å². The Hall–Kier alpha value is -1.59. The molecule has 6 nitrogen and oxygen atoms in total. The van der Waals surface area contributed by atoms with Gasteiger partial charge in [0.05, 0.1) is 18.2 Å². The maximum Gasteiger partial charge on any atom is 0.411 e. The minimum Gasteiger partial charge on any atom is -0.461 e. The molecule has 0 bridgehead atoms. The van der Waals surface area contributed by atoms with Crippen molar-refractivity contribution in [3.05, 3.63) is 22.0 Å². The van der Waals surface area contributed by atoms with Crippen molar-refractivity contribution < 1.29 is 14.5 Å². The molecule has 0 N–H and O–H groups in total. The van der Waals surface area contributed by atoms with Crippen molar-refractivity contribution >= 4 is 5.97 Å². The fourth-order valence-corrected chi connectivity index (χ4v) is 0.524. The number of hydrogen-bond acceptors (Lipinski definition) is 5. The first-order valence-corrected chi connectivity index (χ1v) is 3.10. The van der Waals surface area contributed by atoms with Crippen molar-refractivity contribution in [2.24, 2.45) is 0 Å². The van der Waals surface area contributed by atoms with Crippen molar-refractivity contribution in [1.82, 2.24) is 4.90 Å². The normalized spacial score (nSPS) is 10.8. The summed E-state index contributed by atoms with van der Waals surface area (Å²) in [6, 6.07) is 0. The molecule has 6 heteroatoms. The number of carbonyl (C=O) groups excluding carboxylic acids is 1. The summed E-state index contributed by atoms with van der Waals surface area (Å²) in [6.07, 6.45) is 1.09. The first-order valence-electron chi connectivity index (χ1n) is 3.10. The van der Waals surface area contributed by atoms with Gasteiger partial charge in [0.15, 0.2) is 0 Å². The Morgan fingerprint density at radius 2 is 2.08 bits per heavy atom. The van der Waals surface area contributed by atoms with E-state index in [1.807, 2.05) is 0 Å². The first kappa shape index (κ1) is 10.4. The smallest absolute Gasteiger partial charge is 0.411 e. The zero-order valence-corrected chi connectivity index (χ0v) is 7.10. The number of methoxy groups -OCH3 is 1. The summed E-state index contributed by atoms with van der Waals surface area (Å²) in [6.45, 7) is 0. The zero-order chi connectivity index (χ0) is 9.72. The number of carbonyl (C=O) groups is 1. The number of esters is 1. The lowest BCUT2D eigenvalue weighted by molar-refractivity contribution is -0.422. The number of rotatable bonds is 3. The van der Waals surface area contributed by atoms with Gasteiger partial charge in [-0.15, -0.1) is 0 Å². The Morgan fingerprint density at radius 1 is 1.58 bits per heavy atom. The molecule has 68 valence electrons. The van der Waals surface area contributed by atoms with E-state index in [0.29, 0.717) is 0 Å². The van der Waals surface area contributed by atoms with Gasteiger partial charge < -0.3 is 9.64 Å². The quantitative estimate of drug-likeness (QED) is 0.257. The highest BCUT2D eigenvalue weighted by molar-refractivity contribution is 5.85. The second kappa shape index (κ2) is 4.32. The van der Waals surface area contributed by atoms with E-state index in [4.69, 9.17) is 0 Å². The molecule has 0 spiro atoms. The number of nitro groups is 1. The van der Waals surface area contributed by atoms with E-state index < -0.39 is 16.6 Å². The molecule has 0 aliphatic heterocycles. The van der Waals surface area contributed by atoms with E-state index in [0.717, 1.165) is 13.3 Å². The van der Waals surface area contributed by atoms with Gasteiger partial charge in [-0.05, 0) is 0 Å². The van der Waals surface area contributed by atoms with Crippen LogP contribution in [0.25, 0.3) is 0 Å². The standard InChI is InChI=1S/C6H10N2O4/c1-7(2)4-5(8(10)11)6(9)12-3/h4H,1-3H3/b5-4+. The second-order valence-electron chi connectivity index (χ2n) is 2.23. The molecule has 0 aromatic rings. The van der Waals surface area contributed by atoms with Gasteiger partial charge in [0.2, 0.25) is 0 Å². The highest BCUT2D eigenvalue weighted by Gasteiger charge is 2.22. The Labute approximate surface area is 69.6 Å². The summed E-state index contributed by atoms with van der Waals surface area (Å²) in [7, 11) is 4.24. The Balaban J connectivity index is 4.67. The molecule has 0 rings (SSSR count). The van der Waals surface area contributed by atoms with Crippen LogP contribution in [0.1, 0.15) is 0 Å². The Bertz CT molecular complexity index is 222. The van der Waals surface area contributed by atoms with Gasteiger partial charge in [0.25, 0.3) is 0 Å². The molecule has 0 aliphatic carbocycles. The average molecular weight is 174 g/mol. The first-order chi connectivity index (χ1) is 5.49. The van der Waals surface area contributed by atoms with Crippen LogP contribution in [0.2, 0.25) is 0 Å². The van der Waals surface area contributed by atoms with Crippen LogP contribution in [-0.2, 0) is 9.53 Å². The topological polar surface area (TPSA) is 72.7 Å². The minimum absolute atomic E-state index is 0.581. The van der Waals surface area contributed by atoms with E-state index in [1.54, 1.807) is 14.1 Å². The Morgan fingerprint density at radius 3 is 2.33 bits per heavy atom. The summed E-state index contributed by atoms with van der Waals surface area (Å²) >= 11 is 0.